The largest absolute Gasteiger partial charge is 0.493 e. The average molecular weight is 717 g/mol. The molecule has 0 fully saturated rings. The van der Waals surface area contributed by atoms with E-state index in [-0.39, 0.29) is 12.2 Å². The van der Waals surface area contributed by atoms with Crippen LogP contribution in [0.1, 0.15) is 11.1 Å². The molecule has 4 aliphatic rings. The molecule has 0 amide bonds. The molecule has 2 atom stereocenters. The lowest BCUT2D eigenvalue weighted by atomic mass is 10.0. The van der Waals surface area contributed by atoms with Crippen LogP contribution < -0.4 is 28.4 Å². The van der Waals surface area contributed by atoms with Crippen molar-refractivity contribution in [3.8, 4) is 56.8 Å². The van der Waals surface area contributed by atoms with Crippen LogP contribution in [0.25, 0.3) is 22.3 Å². The first-order chi connectivity index (χ1) is 26.6. The number of benzene rings is 4. The van der Waals surface area contributed by atoms with Gasteiger partial charge in [-0.3, -0.25) is 20.0 Å². The summed E-state index contributed by atoms with van der Waals surface area (Å²) in [6, 6.07) is 32.1. The van der Waals surface area contributed by atoms with Gasteiger partial charge in [-0.15, -0.1) is 0 Å². The summed E-state index contributed by atoms with van der Waals surface area (Å²) in [7, 11) is 3.26. The first-order valence-corrected chi connectivity index (χ1v) is 17.8. The Balaban J connectivity index is 0.000000142. The van der Waals surface area contributed by atoms with Gasteiger partial charge in [0, 0.05) is 37.6 Å². The quantitative estimate of drug-likeness (QED) is 0.169. The lowest BCUT2D eigenvalue weighted by molar-refractivity contribution is 0.129. The maximum absolute atomic E-state index is 6.19. The SMILES string of the molecule is COc1cccc2c1OC(C1=Nc3cc(-c4ccncc4)ccc3C1)CO2.COc1cccc2c1OCC(C1=Nc3cc(-c4ccncc4)ccc3C1)O2. The molecule has 0 radical (unpaired) electrons. The van der Waals surface area contributed by atoms with Gasteiger partial charge in [-0.25, -0.2) is 0 Å². The van der Waals surface area contributed by atoms with Gasteiger partial charge >= 0.3 is 0 Å². The Morgan fingerprint density at radius 3 is 1.61 bits per heavy atom. The molecule has 0 saturated heterocycles. The van der Waals surface area contributed by atoms with E-state index in [2.05, 4.69) is 46.4 Å². The molecule has 268 valence electrons. The molecule has 6 heterocycles. The summed E-state index contributed by atoms with van der Waals surface area (Å²) >= 11 is 0. The third kappa shape index (κ3) is 6.47. The minimum absolute atomic E-state index is 0.193. The van der Waals surface area contributed by atoms with Crippen LogP contribution in [0.4, 0.5) is 11.4 Å². The van der Waals surface area contributed by atoms with Crippen molar-refractivity contribution in [1.29, 1.82) is 0 Å². The number of ether oxygens (including phenoxy) is 6. The Labute approximate surface area is 312 Å². The fourth-order valence-electron chi connectivity index (χ4n) is 7.03. The predicted octanol–water partition coefficient (Wildman–Crippen LogP) is 8.45. The standard InChI is InChI=1S/2C22H18N2O3/c1-25-19-3-2-4-20-22(19)26-13-21(27-20)18-12-16-6-5-15(11-17(16)24-18)14-7-9-23-10-8-14;1-25-19-3-2-4-20-22(19)27-21(13-26-20)18-12-16-6-5-15(11-17(16)24-18)14-7-9-23-10-8-14/h2*2-11,21H,12-13H2,1H3. The highest BCUT2D eigenvalue weighted by Gasteiger charge is 2.32. The molecule has 10 nitrogen and oxygen atoms in total. The van der Waals surface area contributed by atoms with Crippen molar-refractivity contribution < 1.29 is 28.4 Å². The Bertz CT molecular complexity index is 2380. The van der Waals surface area contributed by atoms with E-state index < -0.39 is 0 Å². The molecule has 0 saturated carbocycles. The first kappa shape index (κ1) is 33.2. The molecular weight excluding hydrogens is 681 g/mol. The van der Waals surface area contributed by atoms with Crippen LogP contribution in [0, 0.1) is 0 Å². The number of aromatic nitrogens is 2. The zero-order valence-electron chi connectivity index (χ0n) is 29.8. The Kier molecular flexibility index (Phi) is 8.84. The maximum Gasteiger partial charge on any atom is 0.204 e. The molecule has 4 aromatic carbocycles. The van der Waals surface area contributed by atoms with Gasteiger partial charge in [0.1, 0.15) is 13.2 Å². The number of pyridine rings is 2. The summed E-state index contributed by atoms with van der Waals surface area (Å²) in [5.74, 6) is 4.07. The van der Waals surface area contributed by atoms with Gasteiger partial charge in [0.25, 0.3) is 0 Å². The Morgan fingerprint density at radius 1 is 0.519 bits per heavy atom. The number of rotatable bonds is 6. The molecular formula is C44H36N4O6. The number of fused-ring (bicyclic) bond motifs is 4. The van der Waals surface area contributed by atoms with E-state index in [1.54, 1.807) is 39.0 Å². The zero-order chi connectivity index (χ0) is 36.4. The number of methoxy groups -OCH3 is 2. The van der Waals surface area contributed by atoms with E-state index >= 15 is 0 Å². The predicted molar refractivity (Wildman–Crippen MR) is 207 cm³/mol. The summed E-state index contributed by atoms with van der Waals surface area (Å²) in [4.78, 5) is 17.8. The van der Waals surface area contributed by atoms with E-state index in [4.69, 9.17) is 38.4 Å². The van der Waals surface area contributed by atoms with Crippen molar-refractivity contribution >= 4 is 22.8 Å². The monoisotopic (exact) mass is 716 g/mol. The molecule has 2 unspecified atom stereocenters. The van der Waals surface area contributed by atoms with Gasteiger partial charge in [-0.05, 0) is 94.0 Å². The van der Waals surface area contributed by atoms with E-state index in [0.29, 0.717) is 47.7 Å². The minimum Gasteiger partial charge on any atom is -0.493 e. The van der Waals surface area contributed by atoms with Crippen LogP contribution >= 0.6 is 0 Å². The fourth-order valence-corrected chi connectivity index (χ4v) is 7.03. The van der Waals surface area contributed by atoms with Gasteiger partial charge in [-0.2, -0.15) is 0 Å². The van der Waals surface area contributed by atoms with Crippen molar-refractivity contribution in [1.82, 2.24) is 9.97 Å². The van der Waals surface area contributed by atoms with Crippen molar-refractivity contribution in [3.05, 3.63) is 133 Å². The fraction of sp³-hybridized carbons (Fsp3) is 0.182. The van der Waals surface area contributed by atoms with E-state index in [0.717, 1.165) is 57.9 Å². The summed E-state index contributed by atoms with van der Waals surface area (Å²) in [6.07, 6.45) is 8.34. The molecule has 10 rings (SSSR count). The van der Waals surface area contributed by atoms with Crippen molar-refractivity contribution in [3.63, 3.8) is 0 Å². The third-order valence-corrected chi connectivity index (χ3v) is 9.84. The van der Waals surface area contributed by atoms with Crippen LogP contribution in [0.15, 0.2) is 132 Å². The summed E-state index contributed by atoms with van der Waals surface area (Å²) < 4.78 is 34.9. The second-order valence-electron chi connectivity index (χ2n) is 13.1. The van der Waals surface area contributed by atoms with Gasteiger partial charge in [-0.1, -0.05) is 36.4 Å². The van der Waals surface area contributed by atoms with Crippen molar-refractivity contribution in [2.45, 2.75) is 25.0 Å². The number of para-hydroxylation sites is 2. The van der Waals surface area contributed by atoms with Gasteiger partial charge in [0.05, 0.1) is 37.0 Å². The second-order valence-corrected chi connectivity index (χ2v) is 13.1. The van der Waals surface area contributed by atoms with Gasteiger partial charge < -0.3 is 28.4 Å². The van der Waals surface area contributed by atoms with Crippen molar-refractivity contribution in [2.75, 3.05) is 27.4 Å². The normalized spacial score (nSPS) is 17.2. The van der Waals surface area contributed by atoms with Crippen LogP contribution in [-0.2, 0) is 12.8 Å². The number of nitrogens with zero attached hydrogens (tertiary/aromatic N) is 4. The van der Waals surface area contributed by atoms with Gasteiger partial charge in [0.2, 0.25) is 11.5 Å². The molecule has 0 aliphatic carbocycles. The zero-order valence-corrected chi connectivity index (χ0v) is 29.8. The summed E-state index contributed by atoms with van der Waals surface area (Å²) in [6.45, 7) is 0.877. The average Bonchev–Trinajstić information content (AvgIpc) is 3.88. The molecule has 4 aliphatic heterocycles. The van der Waals surface area contributed by atoms with Gasteiger partial charge in [0.15, 0.2) is 35.2 Å². The molecule has 0 bridgehead atoms. The number of hydrogen-bond donors (Lipinski definition) is 0. The van der Waals surface area contributed by atoms with Crippen LogP contribution in [0.5, 0.6) is 34.5 Å². The number of aliphatic imine (C=N–C) groups is 2. The highest BCUT2D eigenvalue weighted by atomic mass is 16.6. The summed E-state index contributed by atoms with van der Waals surface area (Å²) in [5, 5.41) is 0. The molecule has 10 heteroatoms. The molecule has 6 aromatic rings. The topological polar surface area (TPSA) is 106 Å². The first-order valence-electron chi connectivity index (χ1n) is 17.8. The smallest absolute Gasteiger partial charge is 0.204 e. The molecule has 54 heavy (non-hydrogen) atoms. The second kappa shape index (κ2) is 14.4. The maximum atomic E-state index is 6.19. The lowest BCUT2D eigenvalue weighted by Crippen LogP contribution is -2.36. The van der Waals surface area contributed by atoms with Crippen LogP contribution in [0.2, 0.25) is 0 Å². The Hall–Kier alpha value is -6.68. The van der Waals surface area contributed by atoms with E-state index in [1.807, 2.05) is 60.7 Å². The van der Waals surface area contributed by atoms with Crippen LogP contribution in [0.3, 0.4) is 0 Å². The van der Waals surface area contributed by atoms with Crippen molar-refractivity contribution in [2.24, 2.45) is 9.98 Å². The molecule has 0 N–H and O–H groups in total. The van der Waals surface area contributed by atoms with E-state index in [1.165, 1.54) is 11.1 Å². The summed E-state index contributed by atoms with van der Waals surface area (Å²) in [5.41, 5.74) is 10.9. The highest BCUT2D eigenvalue weighted by molar-refractivity contribution is 5.99. The van der Waals surface area contributed by atoms with E-state index in [9.17, 15) is 0 Å². The number of hydrogen-bond acceptors (Lipinski definition) is 10. The minimum atomic E-state index is -0.217. The Morgan fingerprint density at radius 2 is 1.04 bits per heavy atom. The van der Waals surface area contributed by atoms with Crippen LogP contribution in [-0.4, -0.2) is 61.0 Å². The highest BCUT2D eigenvalue weighted by Crippen LogP contribution is 2.43. The molecule has 2 aromatic heterocycles. The lowest BCUT2D eigenvalue weighted by Gasteiger charge is -2.27. The molecule has 0 spiro atoms. The third-order valence-electron chi connectivity index (χ3n) is 9.84.